The lowest BCUT2D eigenvalue weighted by atomic mass is 9.87. The van der Waals surface area contributed by atoms with E-state index >= 15 is 0 Å². The van der Waals surface area contributed by atoms with Crippen LogP contribution in [0.2, 0.25) is 0 Å². The highest BCUT2D eigenvalue weighted by molar-refractivity contribution is 7.13. The second-order valence-corrected chi connectivity index (χ2v) is 6.54. The third-order valence-electron chi connectivity index (χ3n) is 4.18. The molecule has 1 aliphatic carbocycles. The Morgan fingerprint density at radius 2 is 2.30 bits per heavy atom. The summed E-state index contributed by atoms with van der Waals surface area (Å²) < 4.78 is 0. The number of thiazole rings is 1. The van der Waals surface area contributed by atoms with Gasteiger partial charge in [0.2, 0.25) is 0 Å². The fraction of sp³-hybridized carbons (Fsp3) is 0.412. The molecule has 2 amide bonds. The van der Waals surface area contributed by atoms with Crippen LogP contribution in [0, 0.1) is 0 Å². The predicted molar refractivity (Wildman–Crippen MR) is 91.7 cm³/mol. The van der Waals surface area contributed by atoms with Gasteiger partial charge in [0.05, 0.1) is 6.04 Å². The summed E-state index contributed by atoms with van der Waals surface area (Å²) in [7, 11) is 0. The highest BCUT2D eigenvalue weighted by Crippen LogP contribution is 2.34. The van der Waals surface area contributed by atoms with Gasteiger partial charge in [0.15, 0.2) is 5.13 Å². The van der Waals surface area contributed by atoms with Crippen LogP contribution in [0.4, 0.5) is 9.93 Å². The third kappa shape index (κ3) is 3.71. The van der Waals surface area contributed by atoms with Crippen molar-refractivity contribution in [2.45, 2.75) is 31.7 Å². The zero-order chi connectivity index (χ0) is 16.1. The highest BCUT2D eigenvalue weighted by atomic mass is 32.1. The van der Waals surface area contributed by atoms with Crippen LogP contribution in [0.1, 0.15) is 36.4 Å². The van der Waals surface area contributed by atoms with Crippen molar-refractivity contribution in [3.05, 3.63) is 47.0 Å². The summed E-state index contributed by atoms with van der Waals surface area (Å²) >= 11 is 1.41. The molecular weight excluding hydrogens is 310 g/mol. The number of nitrogens with one attached hydrogen (secondary N) is 1. The lowest BCUT2D eigenvalue weighted by Crippen LogP contribution is -2.40. The molecule has 1 heterocycles. The molecule has 0 saturated carbocycles. The summed E-state index contributed by atoms with van der Waals surface area (Å²) in [6.45, 7) is 0.613. The molecule has 3 rings (SSSR count). The van der Waals surface area contributed by atoms with E-state index in [1.54, 1.807) is 6.20 Å². The van der Waals surface area contributed by atoms with Crippen molar-refractivity contribution in [3.63, 3.8) is 0 Å². The summed E-state index contributed by atoms with van der Waals surface area (Å²) in [5, 5.41) is 14.5. The topological polar surface area (TPSA) is 65.5 Å². The Labute approximate surface area is 140 Å². The van der Waals surface area contributed by atoms with Crippen LogP contribution in [0.5, 0.6) is 0 Å². The Morgan fingerprint density at radius 1 is 1.43 bits per heavy atom. The molecule has 0 saturated heterocycles. The minimum Gasteiger partial charge on any atom is -0.396 e. The monoisotopic (exact) mass is 331 g/mol. The van der Waals surface area contributed by atoms with Crippen molar-refractivity contribution in [3.8, 4) is 0 Å². The molecular formula is C17H21N3O2S. The van der Waals surface area contributed by atoms with E-state index in [2.05, 4.69) is 28.5 Å². The molecule has 1 atom stereocenters. The number of aliphatic hydroxyl groups is 1. The zero-order valence-electron chi connectivity index (χ0n) is 12.9. The van der Waals surface area contributed by atoms with Crippen molar-refractivity contribution in [1.29, 1.82) is 0 Å². The molecule has 122 valence electrons. The van der Waals surface area contributed by atoms with Crippen LogP contribution in [0.15, 0.2) is 35.8 Å². The number of nitrogens with zero attached hydrogens (tertiary/aromatic N) is 2. The normalized spacial score (nSPS) is 16.7. The lowest BCUT2D eigenvalue weighted by Gasteiger charge is -2.35. The minimum atomic E-state index is -0.143. The lowest BCUT2D eigenvalue weighted by molar-refractivity contribution is 0.169. The van der Waals surface area contributed by atoms with Crippen molar-refractivity contribution >= 4 is 22.5 Å². The van der Waals surface area contributed by atoms with E-state index in [0.29, 0.717) is 18.1 Å². The first kappa shape index (κ1) is 16.0. The summed E-state index contributed by atoms with van der Waals surface area (Å²) in [6, 6.07) is 8.25. The van der Waals surface area contributed by atoms with Gasteiger partial charge in [0.1, 0.15) is 0 Å². The van der Waals surface area contributed by atoms with Crippen LogP contribution in [-0.4, -0.2) is 34.2 Å². The molecule has 1 aromatic heterocycles. The molecule has 1 unspecified atom stereocenters. The molecule has 1 aromatic carbocycles. The fourth-order valence-electron chi connectivity index (χ4n) is 3.14. The Bertz CT molecular complexity index is 645. The maximum Gasteiger partial charge on any atom is 0.324 e. The number of carbonyl (C=O) groups excluding carboxylic acids is 1. The molecule has 0 bridgehead atoms. The Kier molecular flexibility index (Phi) is 5.25. The van der Waals surface area contributed by atoms with E-state index in [0.717, 1.165) is 19.3 Å². The van der Waals surface area contributed by atoms with Crippen molar-refractivity contribution in [2.75, 3.05) is 18.5 Å². The maximum absolute atomic E-state index is 12.7. The average molecular weight is 331 g/mol. The minimum absolute atomic E-state index is 0.0615. The summed E-state index contributed by atoms with van der Waals surface area (Å²) in [6.07, 6.45) is 5.34. The van der Waals surface area contributed by atoms with Crippen LogP contribution in [0.25, 0.3) is 0 Å². The number of urea groups is 1. The van der Waals surface area contributed by atoms with E-state index in [1.807, 2.05) is 16.3 Å². The molecule has 23 heavy (non-hydrogen) atoms. The quantitative estimate of drug-likeness (QED) is 0.882. The van der Waals surface area contributed by atoms with Crippen LogP contribution >= 0.6 is 11.3 Å². The molecule has 0 radical (unpaired) electrons. The van der Waals surface area contributed by atoms with Crippen molar-refractivity contribution < 1.29 is 9.90 Å². The molecule has 0 fully saturated rings. The summed E-state index contributed by atoms with van der Waals surface area (Å²) in [5.74, 6) is 0. The van der Waals surface area contributed by atoms with Gasteiger partial charge in [0, 0.05) is 24.7 Å². The van der Waals surface area contributed by atoms with Gasteiger partial charge in [-0.25, -0.2) is 9.78 Å². The second-order valence-electron chi connectivity index (χ2n) is 5.64. The van der Waals surface area contributed by atoms with Gasteiger partial charge in [-0.1, -0.05) is 24.3 Å². The van der Waals surface area contributed by atoms with E-state index in [-0.39, 0.29) is 18.7 Å². The number of aryl methyl sites for hydroxylation is 1. The molecule has 5 nitrogen and oxygen atoms in total. The zero-order valence-corrected chi connectivity index (χ0v) is 13.8. The fourth-order valence-corrected chi connectivity index (χ4v) is 3.66. The molecule has 2 aromatic rings. The van der Waals surface area contributed by atoms with Gasteiger partial charge in [-0.05, 0) is 36.8 Å². The molecule has 6 heteroatoms. The molecule has 0 aliphatic heterocycles. The standard InChI is InChI=1S/C17H21N3O2S/c21-11-4-10-20(17(22)19-16-18-9-12-23-16)15-8-3-6-13-5-1-2-7-14(13)15/h1-2,5,7,9,12,15,21H,3-4,6,8,10-11H2,(H,18,19,22). The first-order valence-electron chi connectivity index (χ1n) is 7.95. The number of aromatic nitrogens is 1. The Balaban J connectivity index is 1.83. The first-order valence-corrected chi connectivity index (χ1v) is 8.83. The number of carbonyl (C=O) groups is 1. The number of rotatable bonds is 5. The molecule has 1 aliphatic rings. The van der Waals surface area contributed by atoms with Gasteiger partial charge < -0.3 is 10.0 Å². The second kappa shape index (κ2) is 7.57. The Morgan fingerprint density at radius 3 is 3.09 bits per heavy atom. The Hall–Kier alpha value is -1.92. The van der Waals surface area contributed by atoms with E-state index < -0.39 is 0 Å². The van der Waals surface area contributed by atoms with Gasteiger partial charge in [-0.3, -0.25) is 5.32 Å². The number of benzene rings is 1. The number of anilines is 1. The number of hydrogen-bond donors (Lipinski definition) is 2. The predicted octanol–water partition coefficient (Wildman–Crippen LogP) is 3.44. The van der Waals surface area contributed by atoms with Crippen molar-refractivity contribution in [2.24, 2.45) is 0 Å². The summed E-state index contributed by atoms with van der Waals surface area (Å²) in [5.41, 5.74) is 2.55. The first-order chi connectivity index (χ1) is 11.3. The smallest absolute Gasteiger partial charge is 0.324 e. The summed E-state index contributed by atoms with van der Waals surface area (Å²) in [4.78, 5) is 18.7. The number of aliphatic hydroxyl groups excluding tert-OH is 1. The number of fused-ring (bicyclic) bond motifs is 1. The van der Waals surface area contributed by atoms with Crippen LogP contribution < -0.4 is 5.32 Å². The highest BCUT2D eigenvalue weighted by Gasteiger charge is 2.29. The number of amides is 2. The number of hydrogen-bond acceptors (Lipinski definition) is 4. The maximum atomic E-state index is 12.7. The largest absolute Gasteiger partial charge is 0.396 e. The van der Waals surface area contributed by atoms with E-state index in [1.165, 1.54) is 22.5 Å². The third-order valence-corrected chi connectivity index (χ3v) is 4.87. The van der Waals surface area contributed by atoms with Crippen molar-refractivity contribution in [1.82, 2.24) is 9.88 Å². The molecule has 2 N–H and O–H groups in total. The van der Waals surface area contributed by atoms with Crippen LogP contribution in [-0.2, 0) is 6.42 Å². The van der Waals surface area contributed by atoms with Crippen LogP contribution in [0.3, 0.4) is 0 Å². The SMILES string of the molecule is O=C(Nc1nccs1)N(CCCO)C1CCCc2ccccc21. The van der Waals surface area contributed by atoms with Gasteiger partial charge >= 0.3 is 6.03 Å². The van der Waals surface area contributed by atoms with Gasteiger partial charge in [-0.15, -0.1) is 11.3 Å². The van der Waals surface area contributed by atoms with E-state index in [9.17, 15) is 9.90 Å². The average Bonchev–Trinajstić information content (AvgIpc) is 3.08. The van der Waals surface area contributed by atoms with E-state index in [4.69, 9.17) is 0 Å². The van der Waals surface area contributed by atoms with Gasteiger partial charge in [0.25, 0.3) is 0 Å². The molecule has 0 spiro atoms. The van der Waals surface area contributed by atoms with Gasteiger partial charge in [-0.2, -0.15) is 0 Å².